The highest BCUT2D eigenvalue weighted by Gasteiger charge is 2.15. The monoisotopic (exact) mass is 418 g/mol. The zero-order valence-electron chi connectivity index (χ0n) is 16.1. The highest BCUT2D eigenvalue weighted by Crippen LogP contribution is 2.29. The Balaban J connectivity index is 1.54. The normalized spacial score (nSPS) is 13.5. The van der Waals surface area contributed by atoms with Crippen LogP contribution in [0.4, 0.5) is 11.6 Å². The summed E-state index contributed by atoms with van der Waals surface area (Å²) in [5, 5.41) is 14.2. The van der Waals surface area contributed by atoms with E-state index >= 15 is 0 Å². The van der Waals surface area contributed by atoms with E-state index in [2.05, 4.69) is 25.4 Å². The Morgan fingerprint density at radius 2 is 1.97 bits per heavy atom. The third-order valence-electron chi connectivity index (χ3n) is 4.88. The number of nitrogens with one attached hydrogen (secondary N) is 2. The molecule has 4 rings (SSSR count). The summed E-state index contributed by atoms with van der Waals surface area (Å²) in [7, 11) is 0. The molecule has 1 aliphatic heterocycles. The highest BCUT2D eigenvalue weighted by atomic mass is 35.5. The summed E-state index contributed by atoms with van der Waals surface area (Å²) in [6.45, 7) is 2.05. The molecule has 3 aromatic rings. The number of hydrogen-bond donors (Lipinski definition) is 2. The molecule has 1 fully saturated rings. The van der Waals surface area contributed by atoms with Crippen LogP contribution in [0.2, 0.25) is 5.02 Å². The van der Waals surface area contributed by atoms with Crippen molar-refractivity contribution in [2.45, 2.75) is 12.8 Å². The first-order valence-electron chi connectivity index (χ1n) is 9.59. The Hall–Kier alpha value is -3.63. The molecule has 2 aromatic carbocycles. The average Bonchev–Trinajstić information content (AvgIpc) is 3.29. The Kier molecular flexibility index (Phi) is 5.77. The van der Waals surface area contributed by atoms with Crippen LogP contribution in [0.1, 0.15) is 24.0 Å². The van der Waals surface area contributed by atoms with Crippen LogP contribution in [0.3, 0.4) is 0 Å². The van der Waals surface area contributed by atoms with Gasteiger partial charge in [0.1, 0.15) is 11.6 Å². The van der Waals surface area contributed by atoms with Gasteiger partial charge < -0.3 is 4.90 Å². The molecule has 0 bridgehead atoms. The van der Waals surface area contributed by atoms with Gasteiger partial charge >= 0.3 is 0 Å². The van der Waals surface area contributed by atoms with Crippen LogP contribution in [0.25, 0.3) is 11.3 Å². The molecule has 0 spiro atoms. The van der Waals surface area contributed by atoms with E-state index < -0.39 is 5.56 Å². The molecule has 0 radical (unpaired) electrons. The topological polar surface area (TPSA) is 97.2 Å². The number of anilines is 2. The van der Waals surface area contributed by atoms with Crippen molar-refractivity contribution in [2.24, 2.45) is 5.10 Å². The number of nitrogens with zero attached hydrogens (tertiary/aromatic N) is 4. The molecule has 1 aliphatic rings. The lowest BCUT2D eigenvalue weighted by Crippen LogP contribution is -2.17. The Morgan fingerprint density at radius 3 is 2.67 bits per heavy atom. The predicted octanol–water partition coefficient (Wildman–Crippen LogP) is 4.01. The molecular weight excluding hydrogens is 400 g/mol. The molecule has 1 aromatic heterocycles. The molecule has 1 saturated heterocycles. The standard InChI is InChI=1S/C22H19ClN6O/c23-18-12-15(8-9-19(18)29-10-4-5-11-29)14-25-28-22-26-20(16-6-2-1-3-7-16)17(13-24)21(30)27-22/h1-3,6-9,12,14H,4-5,10-11H2,(H2,26,27,28,30). The summed E-state index contributed by atoms with van der Waals surface area (Å²) in [6.07, 6.45) is 3.97. The summed E-state index contributed by atoms with van der Waals surface area (Å²) >= 11 is 6.43. The van der Waals surface area contributed by atoms with E-state index in [1.807, 2.05) is 42.5 Å². The minimum Gasteiger partial charge on any atom is -0.370 e. The molecule has 0 unspecified atom stereocenters. The number of rotatable bonds is 5. The van der Waals surface area contributed by atoms with Gasteiger partial charge in [-0.3, -0.25) is 9.78 Å². The maximum absolute atomic E-state index is 12.3. The predicted molar refractivity (Wildman–Crippen MR) is 119 cm³/mol. The number of hydrazone groups is 1. The van der Waals surface area contributed by atoms with Gasteiger partial charge in [-0.1, -0.05) is 48.0 Å². The van der Waals surface area contributed by atoms with Crippen LogP contribution in [-0.4, -0.2) is 29.3 Å². The highest BCUT2D eigenvalue weighted by molar-refractivity contribution is 6.33. The molecule has 30 heavy (non-hydrogen) atoms. The van der Waals surface area contributed by atoms with E-state index in [0.29, 0.717) is 16.3 Å². The largest absolute Gasteiger partial charge is 0.370 e. The fourth-order valence-electron chi connectivity index (χ4n) is 3.42. The zero-order chi connectivity index (χ0) is 20.9. The number of hydrogen-bond acceptors (Lipinski definition) is 6. The lowest BCUT2D eigenvalue weighted by molar-refractivity contribution is 0.949. The van der Waals surface area contributed by atoms with Gasteiger partial charge in [0.05, 0.1) is 22.6 Å². The summed E-state index contributed by atoms with van der Waals surface area (Å²) in [5.74, 6) is 0.147. The molecular formula is C22H19ClN6O. The second kappa shape index (κ2) is 8.80. The van der Waals surface area contributed by atoms with Crippen molar-refractivity contribution in [3.8, 4) is 17.3 Å². The molecule has 8 heteroatoms. The first kappa shape index (κ1) is 19.7. The van der Waals surface area contributed by atoms with Gasteiger partial charge in [0.15, 0.2) is 0 Å². The fraction of sp³-hybridized carbons (Fsp3) is 0.182. The smallest absolute Gasteiger partial charge is 0.270 e. The second-order valence-corrected chi connectivity index (χ2v) is 7.30. The van der Waals surface area contributed by atoms with Crippen LogP contribution < -0.4 is 15.9 Å². The summed E-state index contributed by atoms with van der Waals surface area (Å²) in [4.78, 5) is 21.4. The Bertz CT molecular complexity index is 1180. The minimum atomic E-state index is -0.526. The maximum atomic E-state index is 12.3. The van der Waals surface area contributed by atoms with Crippen LogP contribution in [0.15, 0.2) is 58.4 Å². The lowest BCUT2D eigenvalue weighted by atomic mass is 10.1. The molecule has 2 heterocycles. The van der Waals surface area contributed by atoms with E-state index in [1.54, 1.807) is 18.3 Å². The van der Waals surface area contributed by atoms with Gasteiger partial charge in [0.25, 0.3) is 5.56 Å². The number of halogens is 1. The van der Waals surface area contributed by atoms with Gasteiger partial charge in [0, 0.05) is 18.7 Å². The van der Waals surface area contributed by atoms with Crippen molar-refractivity contribution in [2.75, 3.05) is 23.4 Å². The van der Waals surface area contributed by atoms with Crippen molar-refractivity contribution < 1.29 is 0 Å². The van der Waals surface area contributed by atoms with Crippen molar-refractivity contribution >= 4 is 29.5 Å². The third kappa shape index (κ3) is 4.19. The van der Waals surface area contributed by atoms with E-state index in [0.717, 1.165) is 24.3 Å². The number of H-pyrrole nitrogens is 1. The van der Waals surface area contributed by atoms with E-state index in [1.165, 1.54) is 12.8 Å². The van der Waals surface area contributed by atoms with Gasteiger partial charge in [-0.15, -0.1) is 0 Å². The van der Waals surface area contributed by atoms with E-state index in [9.17, 15) is 10.1 Å². The molecule has 0 saturated carbocycles. The van der Waals surface area contributed by atoms with Crippen molar-refractivity contribution in [3.63, 3.8) is 0 Å². The molecule has 7 nitrogen and oxygen atoms in total. The SMILES string of the molecule is N#Cc1c(-c2ccccc2)nc(NN=Cc2ccc(N3CCCC3)c(Cl)c2)[nH]c1=O. The van der Waals surface area contributed by atoms with Crippen molar-refractivity contribution in [1.29, 1.82) is 5.26 Å². The Labute approximate surface area is 178 Å². The van der Waals surface area contributed by atoms with Crippen LogP contribution in [-0.2, 0) is 0 Å². The van der Waals surface area contributed by atoms with Gasteiger partial charge in [-0.05, 0) is 30.5 Å². The third-order valence-corrected chi connectivity index (χ3v) is 5.18. The van der Waals surface area contributed by atoms with Gasteiger partial charge in [0.2, 0.25) is 5.95 Å². The fourth-order valence-corrected chi connectivity index (χ4v) is 3.73. The first-order valence-corrected chi connectivity index (χ1v) is 9.97. The summed E-state index contributed by atoms with van der Waals surface area (Å²) < 4.78 is 0. The maximum Gasteiger partial charge on any atom is 0.270 e. The van der Waals surface area contributed by atoms with E-state index in [4.69, 9.17) is 11.6 Å². The number of benzene rings is 2. The second-order valence-electron chi connectivity index (χ2n) is 6.89. The van der Waals surface area contributed by atoms with Gasteiger partial charge in [-0.2, -0.15) is 10.4 Å². The number of aromatic amines is 1. The summed E-state index contributed by atoms with van der Waals surface area (Å²) in [5.41, 5.74) is 4.98. The molecule has 0 atom stereocenters. The van der Waals surface area contributed by atoms with E-state index in [-0.39, 0.29) is 11.5 Å². The van der Waals surface area contributed by atoms with Crippen molar-refractivity contribution in [1.82, 2.24) is 9.97 Å². The minimum absolute atomic E-state index is 0.0417. The zero-order valence-corrected chi connectivity index (χ0v) is 16.9. The van der Waals surface area contributed by atoms with Crippen LogP contribution in [0.5, 0.6) is 0 Å². The molecule has 0 aliphatic carbocycles. The van der Waals surface area contributed by atoms with Crippen LogP contribution >= 0.6 is 11.6 Å². The quantitative estimate of drug-likeness (QED) is 0.482. The van der Waals surface area contributed by atoms with Crippen molar-refractivity contribution in [3.05, 3.63) is 75.0 Å². The summed E-state index contributed by atoms with van der Waals surface area (Å²) in [6, 6.07) is 16.8. The molecule has 2 N–H and O–H groups in total. The molecule has 0 amide bonds. The molecule has 150 valence electrons. The lowest BCUT2D eigenvalue weighted by Gasteiger charge is -2.19. The number of aromatic nitrogens is 2. The van der Waals surface area contributed by atoms with Crippen LogP contribution in [0, 0.1) is 11.3 Å². The Morgan fingerprint density at radius 1 is 1.20 bits per heavy atom. The first-order chi connectivity index (χ1) is 14.7. The average molecular weight is 419 g/mol. The number of nitriles is 1. The van der Waals surface area contributed by atoms with Gasteiger partial charge in [-0.25, -0.2) is 10.4 Å².